The summed E-state index contributed by atoms with van der Waals surface area (Å²) in [6, 6.07) is 5.33. The maximum Gasteiger partial charge on any atom is 0.138 e. The topological polar surface area (TPSA) is 56.0 Å². The number of halogens is 1. The Bertz CT molecular complexity index is 351. The smallest absolute Gasteiger partial charge is 0.138 e. The number of aliphatic hydroxyl groups excluding tert-OH is 1. The van der Waals surface area contributed by atoms with Crippen molar-refractivity contribution in [2.45, 2.75) is 4.90 Å². The molecule has 74 valence electrons. The third-order valence-electron chi connectivity index (χ3n) is 1.53. The highest BCUT2D eigenvalue weighted by Gasteiger charge is 2.01. The molecule has 0 radical (unpaired) electrons. The monoisotopic (exact) mass is 228 g/mol. The number of benzene rings is 1. The number of hydrogen-bond acceptors (Lipinski definition) is 4. The van der Waals surface area contributed by atoms with E-state index in [1.54, 1.807) is 12.1 Å². The number of hydrogen-bond donors (Lipinski definition) is 2. The number of thioether (sulfide) groups is 1. The van der Waals surface area contributed by atoms with Gasteiger partial charge in [-0.2, -0.15) is 5.26 Å². The predicted octanol–water partition coefficient (Wildman–Crippen LogP) is 2.32. The second-order valence-electron chi connectivity index (χ2n) is 2.49. The first-order chi connectivity index (χ1) is 6.77. The number of rotatable bonds is 4. The van der Waals surface area contributed by atoms with E-state index < -0.39 is 0 Å². The van der Waals surface area contributed by atoms with Crippen LogP contribution in [0, 0.1) is 10.7 Å². The molecular weight excluding hydrogens is 220 g/mol. The zero-order valence-electron chi connectivity index (χ0n) is 7.33. The molecule has 5 heteroatoms. The molecule has 0 saturated carbocycles. The fourth-order valence-electron chi connectivity index (χ4n) is 0.943. The molecule has 0 unspecified atom stereocenters. The number of nitrogens with zero attached hydrogens (tertiary/aromatic N) is 1. The van der Waals surface area contributed by atoms with Gasteiger partial charge in [-0.15, -0.1) is 0 Å². The number of anilines is 1. The number of aliphatic hydroxyl groups is 1. The lowest BCUT2D eigenvalue weighted by atomic mass is 10.3. The van der Waals surface area contributed by atoms with Crippen molar-refractivity contribution in [3.05, 3.63) is 23.2 Å². The summed E-state index contributed by atoms with van der Waals surface area (Å²) in [5.74, 6) is 0. The summed E-state index contributed by atoms with van der Waals surface area (Å²) in [5, 5.41) is 22.5. The summed E-state index contributed by atoms with van der Waals surface area (Å²) in [5.41, 5.74) is 0.839. The molecule has 0 amide bonds. The van der Waals surface area contributed by atoms with Crippen molar-refractivity contribution in [3.8, 4) is 5.40 Å². The Morgan fingerprint density at radius 1 is 1.57 bits per heavy atom. The fourth-order valence-corrected chi connectivity index (χ4v) is 1.63. The largest absolute Gasteiger partial charge is 0.395 e. The van der Waals surface area contributed by atoms with Crippen molar-refractivity contribution >= 4 is 29.1 Å². The second kappa shape index (κ2) is 5.76. The Morgan fingerprint density at radius 3 is 2.93 bits per heavy atom. The van der Waals surface area contributed by atoms with E-state index in [2.05, 4.69) is 5.32 Å². The predicted molar refractivity (Wildman–Crippen MR) is 58.5 cm³/mol. The van der Waals surface area contributed by atoms with Gasteiger partial charge in [0, 0.05) is 17.1 Å². The van der Waals surface area contributed by atoms with Crippen LogP contribution in [-0.2, 0) is 0 Å². The summed E-state index contributed by atoms with van der Waals surface area (Å²) in [7, 11) is 0. The van der Waals surface area contributed by atoms with Gasteiger partial charge in [0.1, 0.15) is 5.40 Å². The maximum absolute atomic E-state index is 8.59. The summed E-state index contributed by atoms with van der Waals surface area (Å²) < 4.78 is 0. The van der Waals surface area contributed by atoms with Gasteiger partial charge in [0.2, 0.25) is 0 Å². The average molecular weight is 229 g/mol. The third kappa shape index (κ3) is 3.11. The SMILES string of the molecule is N#CSc1ccc(NCCO)cc1Cl. The van der Waals surface area contributed by atoms with Gasteiger partial charge in [-0.3, -0.25) is 0 Å². The molecule has 0 atom stereocenters. The summed E-state index contributed by atoms with van der Waals surface area (Å²) in [4.78, 5) is 0.740. The van der Waals surface area contributed by atoms with E-state index >= 15 is 0 Å². The number of nitrogens with one attached hydrogen (secondary N) is 1. The van der Waals surface area contributed by atoms with Crippen LogP contribution >= 0.6 is 23.4 Å². The molecule has 2 N–H and O–H groups in total. The third-order valence-corrected chi connectivity index (χ3v) is 2.62. The van der Waals surface area contributed by atoms with Crippen LogP contribution < -0.4 is 5.32 Å². The van der Waals surface area contributed by atoms with Crippen LogP contribution in [0.4, 0.5) is 5.69 Å². The molecule has 0 fully saturated rings. The van der Waals surface area contributed by atoms with E-state index in [-0.39, 0.29) is 6.61 Å². The van der Waals surface area contributed by atoms with E-state index in [1.807, 2.05) is 11.5 Å². The Morgan fingerprint density at radius 2 is 2.36 bits per heavy atom. The van der Waals surface area contributed by atoms with Crippen LogP contribution in [-0.4, -0.2) is 18.3 Å². The Labute approximate surface area is 91.7 Å². The lowest BCUT2D eigenvalue weighted by molar-refractivity contribution is 0.311. The van der Waals surface area contributed by atoms with Gasteiger partial charge in [-0.1, -0.05) is 11.6 Å². The van der Waals surface area contributed by atoms with E-state index in [4.69, 9.17) is 22.0 Å². The van der Waals surface area contributed by atoms with Crippen molar-refractivity contribution in [1.29, 1.82) is 5.26 Å². The van der Waals surface area contributed by atoms with E-state index in [0.717, 1.165) is 22.3 Å². The lowest BCUT2D eigenvalue weighted by Crippen LogP contribution is -2.05. The average Bonchev–Trinajstić information content (AvgIpc) is 2.19. The van der Waals surface area contributed by atoms with Gasteiger partial charge in [0.25, 0.3) is 0 Å². The van der Waals surface area contributed by atoms with Crippen molar-refractivity contribution in [1.82, 2.24) is 0 Å². The Hall–Kier alpha value is -0.890. The van der Waals surface area contributed by atoms with Crippen LogP contribution in [0.2, 0.25) is 5.02 Å². The molecule has 0 aromatic heterocycles. The Balaban J connectivity index is 2.74. The molecule has 0 aliphatic carbocycles. The van der Waals surface area contributed by atoms with E-state index in [9.17, 15) is 0 Å². The number of thiocyanates is 1. The molecule has 1 aromatic carbocycles. The van der Waals surface area contributed by atoms with Crippen molar-refractivity contribution < 1.29 is 5.11 Å². The highest BCUT2D eigenvalue weighted by atomic mass is 35.5. The first-order valence-electron chi connectivity index (χ1n) is 3.98. The zero-order chi connectivity index (χ0) is 10.4. The molecule has 0 bridgehead atoms. The minimum atomic E-state index is 0.0757. The van der Waals surface area contributed by atoms with Crippen LogP contribution in [0.1, 0.15) is 0 Å². The van der Waals surface area contributed by atoms with Crippen molar-refractivity contribution in [2.24, 2.45) is 0 Å². The van der Waals surface area contributed by atoms with Crippen LogP contribution in [0.5, 0.6) is 0 Å². The molecule has 14 heavy (non-hydrogen) atoms. The zero-order valence-corrected chi connectivity index (χ0v) is 8.90. The van der Waals surface area contributed by atoms with Gasteiger partial charge in [-0.25, -0.2) is 0 Å². The molecule has 0 saturated heterocycles. The quantitative estimate of drug-likeness (QED) is 0.614. The maximum atomic E-state index is 8.59. The summed E-state index contributed by atoms with van der Waals surface area (Å²) in [6.45, 7) is 0.563. The molecular formula is C9H9ClN2OS. The minimum Gasteiger partial charge on any atom is -0.395 e. The van der Waals surface area contributed by atoms with Crippen molar-refractivity contribution in [2.75, 3.05) is 18.5 Å². The lowest BCUT2D eigenvalue weighted by Gasteiger charge is -2.05. The van der Waals surface area contributed by atoms with Crippen LogP contribution in [0.25, 0.3) is 0 Å². The highest BCUT2D eigenvalue weighted by Crippen LogP contribution is 2.28. The highest BCUT2D eigenvalue weighted by molar-refractivity contribution is 8.03. The fraction of sp³-hybridized carbons (Fsp3) is 0.222. The number of nitriles is 1. The molecule has 0 heterocycles. The van der Waals surface area contributed by atoms with Crippen molar-refractivity contribution in [3.63, 3.8) is 0 Å². The van der Waals surface area contributed by atoms with Crippen LogP contribution in [0.15, 0.2) is 23.1 Å². The van der Waals surface area contributed by atoms with Crippen LogP contribution in [0.3, 0.4) is 0 Å². The molecule has 0 aliphatic heterocycles. The molecule has 3 nitrogen and oxygen atoms in total. The van der Waals surface area contributed by atoms with E-state index in [1.165, 1.54) is 0 Å². The van der Waals surface area contributed by atoms with Gasteiger partial charge >= 0.3 is 0 Å². The molecule has 0 spiro atoms. The van der Waals surface area contributed by atoms with Gasteiger partial charge in [-0.05, 0) is 30.0 Å². The molecule has 0 aliphatic rings. The van der Waals surface area contributed by atoms with Gasteiger partial charge in [0.05, 0.1) is 11.6 Å². The molecule has 1 aromatic rings. The normalized spacial score (nSPS) is 9.50. The van der Waals surface area contributed by atoms with E-state index in [0.29, 0.717) is 11.6 Å². The minimum absolute atomic E-state index is 0.0757. The second-order valence-corrected chi connectivity index (χ2v) is 3.72. The first kappa shape index (κ1) is 11.2. The Kier molecular flexibility index (Phi) is 4.60. The summed E-state index contributed by atoms with van der Waals surface area (Å²) >= 11 is 6.94. The summed E-state index contributed by atoms with van der Waals surface area (Å²) in [6.07, 6.45) is 0. The van der Waals surface area contributed by atoms with Gasteiger partial charge in [0.15, 0.2) is 0 Å². The van der Waals surface area contributed by atoms with Gasteiger partial charge < -0.3 is 10.4 Å². The first-order valence-corrected chi connectivity index (χ1v) is 5.17. The standard InChI is InChI=1S/C9H9ClN2OS/c10-8-5-7(12-3-4-13)1-2-9(8)14-6-11/h1-2,5,12-13H,3-4H2. The molecule has 1 rings (SSSR count).